The minimum absolute atomic E-state index is 0.181. The van der Waals surface area contributed by atoms with Gasteiger partial charge in [-0.2, -0.15) is 4.39 Å². The molecule has 1 heterocycles. The molecule has 0 bridgehead atoms. The zero-order valence-electron chi connectivity index (χ0n) is 7.17. The number of rotatable bonds is 1. The summed E-state index contributed by atoms with van der Waals surface area (Å²) in [5.41, 5.74) is 1.20. The highest BCUT2D eigenvalue weighted by Crippen LogP contribution is 2.34. The van der Waals surface area contributed by atoms with Crippen LogP contribution in [0.4, 0.5) is 4.39 Å². The largest absolute Gasteiger partial charge is 0.194 e. The second-order valence-corrected chi connectivity index (χ2v) is 4.29. The van der Waals surface area contributed by atoms with Crippen LogP contribution in [0.15, 0.2) is 23.1 Å². The summed E-state index contributed by atoms with van der Waals surface area (Å²) >= 11 is 5.32. The van der Waals surface area contributed by atoms with E-state index in [0.717, 1.165) is 16.5 Å². The Hall–Kier alpha value is -0.540. The lowest BCUT2D eigenvalue weighted by Gasteiger charge is -1.97. The molecule has 0 fully saturated rings. The fourth-order valence-corrected chi connectivity index (χ4v) is 2.82. The van der Waals surface area contributed by atoms with Gasteiger partial charge in [0, 0.05) is 10.1 Å². The molecule has 1 aromatic heterocycles. The van der Waals surface area contributed by atoms with Crippen LogP contribution in [0.1, 0.15) is 12.5 Å². The predicted molar refractivity (Wildman–Crippen MR) is 58.4 cm³/mol. The van der Waals surface area contributed by atoms with Crippen molar-refractivity contribution in [3.8, 4) is 0 Å². The molecule has 0 aliphatic carbocycles. The van der Waals surface area contributed by atoms with Gasteiger partial charge < -0.3 is 0 Å². The summed E-state index contributed by atoms with van der Waals surface area (Å²) in [6, 6.07) is 5.90. The molecule has 3 heteroatoms. The number of hydrogen-bond acceptors (Lipinski definition) is 2. The van der Waals surface area contributed by atoms with Gasteiger partial charge in [0.25, 0.3) is 0 Å². The molecule has 0 radical (unpaired) electrons. The van der Waals surface area contributed by atoms with Crippen LogP contribution in [0, 0.1) is 5.13 Å². The van der Waals surface area contributed by atoms with Crippen LogP contribution in [-0.2, 0) is 6.42 Å². The lowest BCUT2D eigenvalue weighted by Crippen LogP contribution is -1.77. The van der Waals surface area contributed by atoms with Gasteiger partial charge in [-0.05, 0) is 12.0 Å². The summed E-state index contributed by atoms with van der Waals surface area (Å²) in [6.45, 7) is 2.07. The maximum Gasteiger partial charge on any atom is 0.190 e. The van der Waals surface area contributed by atoms with Crippen molar-refractivity contribution in [1.29, 1.82) is 0 Å². The Morgan fingerprint density at radius 3 is 2.92 bits per heavy atom. The first-order chi connectivity index (χ1) is 6.24. The predicted octanol–water partition coefficient (Wildman–Crippen LogP) is 3.89. The Morgan fingerprint density at radius 1 is 1.46 bits per heavy atom. The zero-order chi connectivity index (χ0) is 9.42. The van der Waals surface area contributed by atoms with Gasteiger partial charge in [-0.1, -0.05) is 25.1 Å². The van der Waals surface area contributed by atoms with Gasteiger partial charge in [0.15, 0.2) is 5.13 Å². The number of halogens is 1. The average molecular weight is 212 g/mol. The molecule has 0 atom stereocenters. The molecular formula is C10H9FS2. The molecular weight excluding hydrogens is 203 g/mol. The van der Waals surface area contributed by atoms with E-state index in [4.69, 9.17) is 0 Å². The highest BCUT2D eigenvalue weighted by Gasteiger charge is 2.10. The van der Waals surface area contributed by atoms with E-state index in [1.165, 1.54) is 16.9 Å². The van der Waals surface area contributed by atoms with Crippen LogP contribution in [0.5, 0.6) is 0 Å². The van der Waals surface area contributed by atoms with Crippen LogP contribution >= 0.6 is 24.0 Å². The molecule has 0 amide bonds. The molecule has 0 saturated carbocycles. The number of hydrogen-bond donors (Lipinski definition) is 1. The third-order valence-corrected chi connectivity index (χ3v) is 3.77. The van der Waals surface area contributed by atoms with Gasteiger partial charge in [-0.15, -0.1) is 24.0 Å². The molecule has 0 spiro atoms. The minimum atomic E-state index is -0.181. The van der Waals surface area contributed by atoms with Gasteiger partial charge in [0.2, 0.25) is 0 Å². The summed E-state index contributed by atoms with van der Waals surface area (Å²) in [5.74, 6) is 0. The number of aryl methyl sites for hydroxylation is 1. The third kappa shape index (κ3) is 1.36. The number of fused-ring (bicyclic) bond motifs is 1. The molecule has 0 N–H and O–H groups in total. The van der Waals surface area contributed by atoms with Crippen LogP contribution in [0.25, 0.3) is 10.1 Å². The third-order valence-electron chi connectivity index (χ3n) is 2.11. The first kappa shape index (κ1) is 9.03. The van der Waals surface area contributed by atoms with E-state index in [2.05, 4.69) is 19.6 Å². The molecule has 2 rings (SSSR count). The quantitative estimate of drug-likeness (QED) is 0.681. The van der Waals surface area contributed by atoms with Crippen LogP contribution in [0.2, 0.25) is 0 Å². The fraction of sp³-hybridized carbons (Fsp3) is 0.200. The Kier molecular flexibility index (Phi) is 2.30. The number of thiophene rings is 1. The molecule has 0 nitrogen and oxygen atoms in total. The van der Waals surface area contributed by atoms with Crippen LogP contribution in [-0.4, -0.2) is 0 Å². The van der Waals surface area contributed by atoms with E-state index in [-0.39, 0.29) is 5.13 Å². The normalized spacial score (nSPS) is 11.0. The molecule has 2 aromatic rings. The monoisotopic (exact) mass is 212 g/mol. The van der Waals surface area contributed by atoms with Gasteiger partial charge in [-0.3, -0.25) is 0 Å². The molecule has 1 aromatic carbocycles. The Morgan fingerprint density at radius 2 is 2.23 bits per heavy atom. The van der Waals surface area contributed by atoms with Gasteiger partial charge in [0.1, 0.15) is 0 Å². The zero-order valence-corrected chi connectivity index (χ0v) is 8.88. The van der Waals surface area contributed by atoms with Crippen molar-refractivity contribution < 1.29 is 4.39 Å². The van der Waals surface area contributed by atoms with Crippen molar-refractivity contribution in [2.45, 2.75) is 18.2 Å². The van der Waals surface area contributed by atoms with Crippen molar-refractivity contribution >= 4 is 34.1 Å². The van der Waals surface area contributed by atoms with E-state index < -0.39 is 0 Å². The lowest BCUT2D eigenvalue weighted by atomic mass is 10.1. The first-order valence-electron chi connectivity index (χ1n) is 4.13. The molecule has 0 aliphatic heterocycles. The highest BCUT2D eigenvalue weighted by molar-refractivity contribution is 7.80. The van der Waals surface area contributed by atoms with Crippen LogP contribution < -0.4 is 0 Å². The maximum atomic E-state index is 13.2. The molecule has 0 aliphatic rings. The second-order valence-electron chi connectivity index (χ2n) is 2.87. The van der Waals surface area contributed by atoms with Crippen molar-refractivity contribution in [3.05, 3.63) is 28.9 Å². The van der Waals surface area contributed by atoms with E-state index in [1.54, 1.807) is 0 Å². The molecule has 0 saturated heterocycles. The summed E-state index contributed by atoms with van der Waals surface area (Å²) < 4.78 is 14.2. The van der Waals surface area contributed by atoms with E-state index in [0.29, 0.717) is 4.90 Å². The van der Waals surface area contributed by atoms with Gasteiger partial charge in [-0.25, -0.2) is 0 Å². The van der Waals surface area contributed by atoms with Gasteiger partial charge >= 0.3 is 0 Å². The molecule has 0 unspecified atom stereocenters. The number of benzene rings is 1. The van der Waals surface area contributed by atoms with E-state index in [1.807, 2.05) is 18.2 Å². The SMILES string of the molecule is CCc1cccc2c(S)c(F)sc12. The van der Waals surface area contributed by atoms with Crippen molar-refractivity contribution in [2.75, 3.05) is 0 Å². The van der Waals surface area contributed by atoms with Crippen molar-refractivity contribution in [2.24, 2.45) is 0 Å². The summed E-state index contributed by atoms with van der Waals surface area (Å²) in [4.78, 5) is 0.482. The Bertz CT molecular complexity index is 445. The summed E-state index contributed by atoms with van der Waals surface area (Å²) in [5, 5.41) is 0.754. The maximum absolute atomic E-state index is 13.2. The second kappa shape index (κ2) is 3.31. The lowest BCUT2D eigenvalue weighted by molar-refractivity contribution is 0.636. The summed E-state index contributed by atoms with van der Waals surface area (Å²) in [7, 11) is 0. The minimum Gasteiger partial charge on any atom is -0.194 e. The van der Waals surface area contributed by atoms with Crippen molar-refractivity contribution in [3.63, 3.8) is 0 Å². The van der Waals surface area contributed by atoms with Gasteiger partial charge in [0.05, 0.1) is 4.90 Å². The fourth-order valence-electron chi connectivity index (χ4n) is 1.41. The number of thiol groups is 1. The standard InChI is InChI=1S/C10H9FS2/c1-2-6-4-3-5-7-8(12)10(11)13-9(6)7/h3-5,12H,2H2,1H3. The Balaban J connectivity index is 2.84. The topological polar surface area (TPSA) is 0 Å². The first-order valence-corrected chi connectivity index (χ1v) is 5.39. The highest BCUT2D eigenvalue weighted by atomic mass is 32.1. The molecule has 68 valence electrons. The summed E-state index contributed by atoms with van der Waals surface area (Å²) in [6.07, 6.45) is 0.935. The smallest absolute Gasteiger partial charge is 0.190 e. The van der Waals surface area contributed by atoms with Crippen molar-refractivity contribution in [1.82, 2.24) is 0 Å². The Labute approximate surface area is 85.8 Å². The average Bonchev–Trinajstić information content (AvgIpc) is 2.43. The molecule has 13 heavy (non-hydrogen) atoms. The van der Waals surface area contributed by atoms with Crippen LogP contribution in [0.3, 0.4) is 0 Å². The van der Waals surface area contributed by atoms with E-state index in [9.17, 15) is 4.39 Å². The van der Waals surface area contributed by atoms with E-state index >= 15 is 0 Å².